The fraction of sp³-hybridized carbons (Fsp3) is 0.333. The monoisotopic (exact) mass is 376 g/mol. The average Bonchev–Trinajstić information content (AvgIpc) is 3.03. The van der Waals surface area contributed by atoms with Crippen LogP contribution in [0.15, 0.2) is 59.7 Å². The molecule has 0 aromatic heterocycles. The maximum absolute atomic E-state index is 13.4. The second-order valence-corrected chi connectivity index (χ2v) is 7.72. The van der Waals surface area contributed by atoms with Gasteiger partial charge in [-0.15, -0.1) is 0 Å². The molecule has 0 fully saturated rings. The summed E-state index contributed by atoms with van der Waals surface area (Å²) >= 11 is 0. The van der Waals surface area contributed by atoms with Gasteiger partial charge in [-0.2, -0.15) is 0 Å². The van der Waals surface area contributed by atoms with Gasteiger partial charge in [-0.25, -0.2) is 0 Å². The molecule has 2 aromatic carbocycles. The molecule has 0 aliphatic heterocycles. The Kier molecular flexibility index (Phi) is 4.36. The van der Waals surface area contributed by atoms with Crippen LogP contribution in [0.3, 0.4) is 0 Å². The Balaban J connectivity index is 2.02. The van der Waals surface area contributed by atoms with Gasteiger partial charge in [-0.05, 0) is 24.0 Å². The van der Waals surface area contributed by atoms with E-state index in [4.69, 9.17) is 0 Å². The summed E-state index contributed by atoms with van der Waals surface area (Å²) in [7, 11) is 0. The van der Waals surface area contributed by atoms with Crippen LogP contribution in [0, 0.1) is 0 Å². The molecule has 4 rings (SSSR count). The quantitative estimate of drug-likeness (QED) is 0.795. The Morgan fingerprint density at radius 3 is 1.39 bits per heavy atom. The molecule has 4 heteroatoms. The Bertz CT molecular complexity index is 922. The molecule has 144 valence electrons. The van der Waals surface area contributed by atoms with E-state index in [1.165, 1.54) is 0 Å². The van der Waals surface area contributed by atoms with E-state index in [2.05, 4.69) is 0 Å². The summed E-state index contributed by atoms with van der Waals surface area (Å²) in [5.74, 6) is -0.727. The molecular formula is C24H24O4. The van der Waals surface area contributed by atoms with Crippen molar-refractivity contribution in [3.05, 3.63) is 81.9 Å². The minimum Gasteiger partial charge on any atom is -0.380 e. The first-order valence-corrected chi connectivity index (χ1v) is 9.88. The number of benzene rings is 2. The van der Waals surface area contributed by atoms with Crippen molar-refractivity contribution in [2.24, 2.45) is 0 Å². The lowest BCUT2D eigenvalue weighted by molar-refractivity contribution is 0.0416. The topological polar surface area (TPSA) is 80.3 Å². The van der Waals surface area contributed by atoms with Gasteiger partial charge in [0.25, 0.3) is 0 Å². The fourth-order valence-electron chi connectivity index (χ4n) is 4.88. The van der Waals surface area contributed by atoms with Crippen molar-refractivity contribution < 1.29 is 20.4 Å². The summed E-state index contributed by atoms with van der Waals surface area (Å²) in [6, 6.07) is 13.9. The van der Waals surface area contributed by atoms with E-state index in [1.54, 1.807) is 48.5 Å². The molecule has 4 nitrogen and oxygen atoms in total. The first-order valence-electron chi connectivity index (χ1n) is 9.88. The molecule has 0 unspecified atom stereocenters. The van der Waals surface area contributed by atoms with Crippen LogP contribution in [-0.2, 0) is 21.4 Å². The predicted octanol–water partition coefficient (Wildman–Crippen LogP) is 4.67. The van der Waals surface area contributed by atoms with Crippen molar-refractivity contribution in [2.75, 3.05) is 0 Å². The SMILES string of the molecule is CCC[C@@]1(O)C(C2=C([O])c3ccccc3[C@]2(O)CCC)=C([O])c2ccccc21. The Morgan fingerprint density at radius 2 is 1.04 bits per heavy atom. The summed E-state index contributed by atoms with van der Waals surface area (Å²) in [5.41, 5.74) is -1.19. The molecule has 0 saturated heterocycles. The zero-order valence-electron chi connectivity index (χ0n) is 16.2. The largest absolute Gasteiger partial charge is 0.380 e. The molecule has 28 heavy (non-hydrogen) atoms. The van der Waals surface area contributed by atoms with Crippen molar-refractivity contribution in [1.29, 1.82) is 0 Å². The number of hydrogen-bond acceptors (Lipinski definition) is 2. The highest BCUT2D eigenvalue weighted by Gasteiger charge is 2.55. The summed E-state index contributed by atoms with van der Waals surface area (Å²) in [6.45, 7) is 3.85. The highest BCUT2D eigenvalue weighted by Crippen LogP contribution is 2.58. The zero-order valence-corrected chi connectivity index (χ0v) is 16.2. The molecule has 0 heterocycles. The standard InChI is InChI=1S/C24H24O4/c1-3-13-23(27)17-11-7-5-9-15(17)21(25)19(23)20-22(26)16-10-6-8-12-18(16)24(20,28)14-4-2/h5-12,27-28H,3-4,13-14H2,1-2H3/t23-,24+. The van der Waals surface area contributed by atoms with Gasteiger partial charge < -0.3 is 10.2 Å². The van der Waals surface area contributed by atoms with Crippen molar-refractivity contribution >= 4 is 11.5 Å². The van der Waals surface area contributed by atoms with Crippen LogP contribution >= 0.6 is 0 Å². The lowest BCUT2D eigenvalue weighted by Crippen LogP contribution is -2.34. The first kappa shape index (κ1) is 18.8. The fourth-order valence-corrected chi connectivity index (χ4v) is 4.88. The maximum Gasteiger partial charge on any atom is 0.193 e. The molecular weight excluding hydrogens is 352 g/mol. The number of rotatable bonds is 5. The second-order valence-electron chi connectivity index (χ2n) is 7.72. The molecule has 2 aromatic rings. The highest BCUT2D eigenvalue weighted by molar-refractivity contribution is 5.87. The van der Waals surface area contributed by atoms with Gasteiger partial charge in [0.1, 0.15) is 11.2 Å². The highest BCUT2D eigenvalue weighted by atomic mass is 16.3. The molecule has 0 saturated carbocycles. The van der Waals surface area contributed by atoms with Crippen LogP contribution in [0.5, 0.6) is 0 Å². The van der Waals surface area contributed by atoms with Crippen molar-refractivity contribution in [1.82, 2.24) is 0 Å². The van der Waals surface area contributed by atoms with E-state index < -0.39 is 11.2 Å². The van der Waals surface area contributed by atoms with Gasteiger partial charge in [-0.1, -0.05) is 75.2 Å². The number of fused-ring (bicyclic) bond motifs is 2. The van der Waals surface area contributed by atoms with Crippen LogP contribution in [0.1, 0.15) is 61.8 Å². The lowest BCUT2D eigenvalue weighted by Gasteiger charge is -2.34. The van der Waals surface area contributed by atoms with Gasteiger partial charge in [0.2, 0.25) is 0 Å². The predicted molar refractivity (Wildman–Crippen MR) is 106 cm³/mol. The van der Waals surface area contributed by atoms with E-state index in [-0.39, 0.29) is 22.7 Å². The second kappa shape index (κ2) is 6.50. The Hall–Kier alpha value is -2.56. The smallest absolute Gasteiger partial charge is 0.193 e. The molecule has 2 atom stereocenters. The Labute approximate surface area is 165 Å². The third-order valence-corrected chi connectivity index (χ3v) is 5.99. The summed E-state index contributed by atoms with van der Waals surface area (Å²) in [4.78, 5) is 0. The van der Waals surface area contributed by atoms with Gasteiger partial charge in [0.05, 0.1) is 0 Å². The van der Waals surface area contributed by atoms with E-state index >= 15 is 0 Å². The van der Waals surface area contributed by atoms with E-state index in [0.717, 1.165) is 0 Å². The number of aliphatic hydroxyl groups is 2. The van der Waals surface area contributed by atoms with E-state index in [9.17, 15) is 20.4 Å². The lowest BCUT2D eigenvalue weighted by atomic mass is 9.75. The van der Waals surface area contributed by atoms with E-state index in [1.807, 2.05) is 13.8 Å². The molecule has 0 amide bonds. The van der Waals surface area contributed by atoms with Crippen LogP contribution in [0.25, 0.3) is 11.5 Å². The molecule has 0 spiro atoms. The maximum atomic E-state index is 13.4. The normalized spacial score (nSPS) is 26.0. The van der Waals surface area contributed by atoms with Gasteiger partial charge in [0.15, 0.2) is 11.5 Å². The summed E-state index contributed by atoms with van der Waals surface area (Å²) in [5, 5.41) is 50.1. The van der Waals surface area contributed by atoms with Crippen molar-refractivity contribution in [2.45, 2.75) is 50.7 Å². The molecule has 0 bridgehead atoms. The summed E-state index contributed by atoms with van der Waals surface area (Å²) in [6.07, 6.45) is 1.87. The van der Waals surface area contributed by atoms with Crippen molar-refractivity contribution in [3.8, 4) is 0 Å². The van der Waals surface area contributed by atoms with Crippen LogP contribution < -0.4 is 0 Å². The van der Waals surface area contributed by atoms with Crippen LogP contribution in [0.4, 0.5) is 0 Å². The third-order valence-electron chi connectivity index (χ3n) is 5.99. The van der Waals surface area contributed by atoms with Crippen LogP contribution in [-0.4, -0.2) is 10.2 Å². The van der Waals surface area contributed by atoms with Gasteiger partial charge in [0, 0.05) is 22.3 Å². The van der Waals surface area contributed by atoms with Crippen molar-refractivity contribution in [3.63, 3.8) is 0 Å². The average molecular weight is 376 g/mol. The minimum absolute atomic E-state index is 0.0488. The molecule has 2 aliphatic rings. The third kappa shape index (κ3) is 2.31. The molecule has 2 N–H and O–H groups in total. The van der Waals surface area contributed by atoms with Gasteiger partial charge >= 0.3 is 0 Å². The molecule has 2 aliphatic carbocycles. The summed E-state index contributed by atoms with van der Waals surface area (Å²) < 4.78 is 0. The van der Waals surface area contributed by atoms with Gasteiger partial charge in [-0.3, -0.25) is 10.2 Å². The minimum atomic E-state index is -1.57. The number of hydrogen-bond donors (Lipinski definition) is 2. The Morgan fingerprint density at radius 1 is 0.679 bits per heavy atom. The zero-order chi connectivity index (χ0) is 20.1. The van der Waals surface area contributed by atoms with E-state index in [0.29, 0.717) is 47.9 Å². The van der Waals surface area contributed by atoms with Crippen LogP contribution in [0.2, 0.25) is 0 Å². The molecule has 2 radical (unpaired) electrons. The first-order chi connectivity index (χ1) is 13.4.